The Morgan fingerprint density at radius 2 is 2.35 bits per heavy atom. The lowest BCUT2D eigenvalue weighted by Crippen LogP contribution is -2.49. The molecule has 112 valence electrons. The molecule has 20 heavy (non-hydrogen) atoms. The van der Waals surface area contributed by atoms with Crippen LogP contribution in [0.3, 0.4) is 0 Å². The number of hydrogen-bond acceptors (Lipinski definition) is 4. The number of amides is 1. The quantitative estimate of drug-likeness (QED) is 0.864. The van der Waals surface area contributed by atoms with Gasteiger partial charge in [0.05, 0.1) is 18.9 Å². The Balaban J connectivity index is 2.00. The summed E-state index contributed by atoms with van der Waals surface area (Å²) in [6, 6.07) is 1.65. The van der Waals surface area contributed by atoms with Crippen LogP contribution in [0.25, 0.3) is 0 Å². The van der Waals surface area contributed by atoms with E-state index in [0.29, 0.717) is 19.8 Å². The number of nitrogens with one attached hydrogen (secondary N) is 2. The van der Waals surface area contributed by atoms with Gasteiger partial charge in [-0.1, -0.05) is 20.8 Å². The highest BCUT2D eigenvalue weighted by molar-refractivity contribution is 5.94. The Kier molecular flexibility index (Phi) is 4.45. The van der Waals surface area contributed by atoms with Gasteiger partial charge in [-0.2, -0.15) is 5.10 Å². The first kappa shape index (κ1) is 15.0. The molecule has 1 aliphatic heterocycles. The Bertz CT molecular complexity index is 470. The van der Waals surface area contributed by atoms with Gasteiger partial charge in [0.25, 0.3) is 0 Å². The maximum Gasteiger partial charge on any atom is 0.245 e. The van der Waals surface area contributed by atoms with Crippen LogP contribution in [0, 0.1) is 5.41 Å². The molecule has 1 aliphatic rings. The van der Waals surface area contributed by atoms with Crippen molar-refractivity contribution >= 4 is 11.7 Å². The molecule has 1 atom stereocenters. The first-order valence-corrected chi connectivity index (χ1v) is 7.00. The fraction of sp³-hybridized carbons (Fsp3) is 0.714. The van der Waals surface area contributed by atoms with Crippen LogP contribution in [-0.4, -0.2) is 41.5 Å². The summed E-state index contributed by atoms with van der Waals surface area (Å²) in [5, 5.41) is 10.5. The van der Waals surface area contributed by atoms with E-state index in [1.54, 1.807) is 4.68 Å². The summed E-state index contributed by atoms with van der Waals surface area (Å²) in [5.74, 6) is 0.650. The smallest absolute Gasteiger partial charge is 0.245 e. The molecule has 0 aromatic carbocycles. The van der Waals surface area contributed by atoms with Gasteiger partial charge in [0.2, 0.25) is 5.91 Å². The maximum atomic E-state index is 12.1. The average Bonchev–Trinajstić information content (AvgIpc) is 2.68. The molecule has 1 amide bonds. The van der Waals surface area contributed by atoms with Crippen molar-refractivity contribution in [1.82, 2.24) is 15.1 Å². The molecular formula is C14H24N4O2. The van der Waals surface area contributed by atoms with Gasteiger partial charge < -0.3 is 15.4 Å². The van der Waals surface area contributed by atoms with E-state index in [4.69, 9.17) is 4.74 Å². The number of aryl methyl sites for hydroxylation is 1. The summed E-state index contributed by atoms with van der Waals surface area (Å²) in [6.45, 7) is 8.29. The van der Waals surface area contributed by atoms with Crippen molar-refractivity contribution in [3.8, 4) is 0 Å². The molecule has 6 heteroatoms. The summed E-state index contributed by atoms with van der Waals surface area (Å²) in [4.78, 5) is 12.1. The minimum absolute atomic E-state index is 0.0741. The molecule has 2 heterocycles. The minimum atomic E-state index is -0.287. The van der Waals surface area contributed by atoms with Crippen molar-refractivity contribution in [3.05, 3.63) is 11.8 Å². The van der Waals surface area contributed by atoms with Gasteiger partial charge in [-0.3, -0.25) is 9.48 Å². The molecule has 6 nitrogen and oxygen atoms in total. The van der Waals surface area contributed by atoms with E-state index in [0.717, 1.165) is 17.9 Å². The molecule has 0 radical (unpaired) electrons. The third kappa shape index (κ3) is 4.05. The van der Waals surface area contributed by atoms with Gasteiger partial charge in [0.15, 0.2) is 0 Å². The lowest BCUT2D eigenvalue weighted by molar-refractivity contribution is -0.120. The van der Waals surface area contributed by atoms with Crippen molar-refractivity contribution in [2.45, 2.75) is 33.2 Å². The number of nitrogens with zero attached hydrogens (tertiary/aromatic N) is 2. The van der Waals surface area contributed by atoms with Crippen LogP contribution in [0.2, 0.25) is 0 Å². The van der Waals surface area contributed by atoms with Crippen LogP contribution < -0.4 is 10.6 Å². The number of morpholine rings is 1. The Labute approximate surface area is 119 Å². The zero-order valence-electron chi connectivity index (χ0n) is 12.7. The van der Waals surface area contributed by atoms with Crippen molar-refractivity contribution in [2.75, 3.05) is 25.1 Å². The van der Waals surface area contributed by atoms with Crippen molar-refractivity contribution in [2.24, 2.45) is 12.5 Å². The summed E-state index contributed by atoms with van der Waals surface area (Å²) >= 11 is 0. The van der Waals surface area contributed by atoms with Gasteiger partial charge in [-0.05, 0) is 11.8 Å². The van der Waals surface area contributed by atoms with E-state index >= 15 is 0 Å². The molecule has 1 aromatic rings. The van der Waals surface area contributed by atoms with Crippen LogP contribution >= 0.6 is 0 Å². The number of carbonyl (C=O) groups is 1. The number of ether oxygens (including phenoxy) is 1. The molecule has 0 saturated carbocycles. The first-order valence-electron chi connectivity index (χ1n) is 7.00. The molecule has 1 fully saturated rings. The molecule has 0 aliphatic carbocycles. The summed E-state index contributed by atoms with van der Waals surface area (Å²) in [5.41, 5.74) is 1.16. The number of anilines is 1. The number of hydrogen-bond donors (Lipinski definition) is 2. The fourth-order valence-corrected chi connectivity index (χ4v) is 2.22. The molecule has 0 bridgehead atoms. The fourth-order valence-electron chi connectivity index (χ4n) is 2.22. The Morgan fingerprint density at radius 1 is 1.60 bits per heavy atom. The van der Waals surface area contributed by atoms with E-state index in [2.05, 4.69) is 36.5 Å². The van der Waals surface area contributed by atoms with Gasteiger partial charge in [-0.25, -0.2) is 0 Å². The van der Waals surface area contributed by atoms with E-state index in [1.165, 1.54) is 0 Å². The van der Waals surface area contributed by atoms with E-state index in [9.17, 15) is 4.79 Å². The molecule has 1 saturated heterocycles. The standard InChI is InChI=1S/C14H24N4O2/c1-14(2,3)8-10-7-12(18(4)17-10)16-13(19)11-9-20-6-5-15-11/h7,11,15H,5-6,8-9H2,1-4H3,(H,16,19). The zero-order valence-corrected chi connectivity index (χ0v) is 12.7. The van der Waals surface area contributed by atoms with Gasteiger partial charge in [0.1, 0.15) is 11.9 Å². The summed E-state index contributed by atoms with van der Waals surface area (Å²) < 4.78 is 7.01. The highest BCUT2D eigenvalue weighted by Gasteiger charge is 2.22. The highest BCUT2D eigenvalue weighted by atomic mass is 16.5. The first-order chi connectivity index (χ1) is 9.35. The molecular weight excluding hydrogens is 256 g/mol. The van der Waals surface area contributed by atoms with Crippen molar-refractivity contribution in [3.63, 3.8) is 0 Å². The van der Waals surface area contributed by atoms with E-state index < -0.39 is 0 Å². The van der Waals surface area contributed by atoms with E-state index in [-0.39, 0.29) is 17.4 Å². The molecule has 1 aromatic heterocycles. The second-order valence-corrected chi connectivity index (χ2v) is 6.45. The van der Waals surface area contributed by atoms with Gasteiger partial charge in [-0.15, -0.1) is 0 Å². The molecule has 2 N–H and O–H groups in total. The largest absolute Gasteiger partial charge is 0.378 e. The van der Waals surface area contributed by atoms with Crippen molar-refractivity contribution < 1.29 is 9.53 Å². The van der Waals surface area contributed by atoms with E-state index in [1.807, 2.05) is 13.1 Å². The minimum Gasteiger partial charge on any atom is -0.378 e. The second kappa shape index (κ2) is 5.93. The predicted molar refractivity (Wildman–Crippen MR) is 77.6 cm³/mol. The topological polar surface area (TPSA) is 68.2 Å². The van der Waals surface area contributed by atoms with Crippen LogP contribution in [0.4, 0.5) is 5.82 Å². The van der Waals surface area contributed by atoms with Crippen LogP contribution in [0.15, 0.2) is 6.07 Å². The third-order valence-electron chi connectivity index (χ3n) is 3.13. The monoisotopic (exact) mass is 280 g/mol. The molecule has 1 unspecified atom stereocenters. The summed E-state index contributed by atoms with van der Waals surface area (Å²) in [7, 11) is 1.84. The SMILES string of the molecule is Cn1nc(CC(C)(C)C)cc1NC(=O)C1COCCN1. The number of rotatable bonds is 3. The van der Waals surface area contributed by atoms with Crippen LogP contribution in [0.1, 0.15) is 26.5 Å². The van der Waals surface area contributed by atoms with Gasteiger partial charge in [0, 0.05) is 19.7 Å². The van der Waals surface area contributed by atoms with Gasteiger partial charge >= 0.3 is 0 Å². The zero-order chi connectivity index (χ0) is 14.8. The van der Waals surface area contributed by atoms with Crippen LogP contribution in [-0.2, 0) is 23.0 Å². The lowest BCUT2D eigenvalue weighted by atomic mass is 9.91. The lowest BCUT2D eigenvalue weighted by Gasteiger charge is -2.22. The summed E-state index contributed by atoms with van der Waals surface area (Å²) in [6.07, 6.45) is 0.876. The van der Waals surface area contributed by atoms with Crippen molar-refractivity contribution in [1.29, 1.82) is 0 Å². The highest BCUT2D eigenvalue weighted by Crippen LogP contribution is 2.21. The molecule has 0 spiro atoms. The second-order valence-electron chi connectivity index (χ2n) is 6.45. The third-order valence-corrected chi connectivity index (χ3v) is 3.13. The maximum absolute atomic E-state index is 12.1. The average molecular weight is 280 g/mol. The Hall–Kier alpha value is -1.40. The Morgan fingerprint density at radius 3 is 2.95 bits per heavy atom. The van der Waals surface area contributed by atoms with Crippen LogP contribution in [0.5, 0.6) is 0 Å². The predicted octanol–water partition coefficient (Wildman–Crippen LogP) is 0.936. The number of carbonyl (C=O) groups excluding carboxylic acids is 1. The molecule has 2 rings (SSSR count). The normalized spacial score (nSPS) is 19.9. The number of aromatic nitrogens is 2.